The zero-order valence-corrected chi connectivity index (χ0v) is 20.9. The first-order chi connectivity index (χ1) is 13.9. The Labute approximate surface area is 202 Å². The molecule has 3 rings (SSSR count). The van der Waals surface area contributed by atoms with Gasteiger partial charge in [-0.2, -0.15) is 0 Å². The fraction of sp³-hybridized carbons (Fsp3) is 0.474. The number of fused-ring (bicyclic) bond motifs is 1. The summed E-state index contributed by atoms with van der Waals surface area (Å²) in [7, 11) is -0.244. The second-order valence-corrected chi connectivity index (χ2v) is 10.7. The van der Waals surface area contributed by atoms with Gasteiger partial charge in [0, 0.05) is 24.8 Å². The van der Waals surface area contributed by atoms with Crippen molar-refractivity contribution in [1.82, 2.24) is 20.1 Å². The van der Waals surface area contributed by atoms with Gasteiger partial charge in [0.25, 0.3) is 11.8 Å². The van der Waals surface area contributed by atoms with Crippen LogP contribution in [0, 0.1) is 0 Å². The van der Waals surface area contributed by atoms with Gasteiger partial charge in [-0.05, 0) is 46.2 Å². The summed E-state index contributed by atoms with van der Waals surface area (Å²) in [4.78, 5) is 43.2. The fourth-order valence-corrected chi connectivity index (χ4v) is 5.76. The van der Waals surface area contributed by atoms with Gasteiger partial charge in [0.2, 0.25) is 0 Å². The van der Waals surface area contributed by atoms with Crippen LogP contribution < -0.4 is 40.0 Å². The maximum absolute atomic E-state index is 12.9. The molecule has 12 heteroatoms. The minimum absolute atomic E-state index is 0. The standard InChI is InChI=1S/C19H24N4O6S.Na/c1-19(2)14(18(26)27)23-16(25)13(17(23)30(19,28)29)10-12-9-11(5-6-20-12)15(24)21-7-8-22(3)4;/h5-6,9-10,14,17H,7-8H2,1-4H3,(H,21,24)(H,26,27);/q;+1/p-1/b13-10-;/t14-,17+;/m0./s1. The Kier molecular flexibility index (Phi) is 7.38. The zero-order valence-electron chi connectivity index (χ0n) is 18.1. The number of hydrogen-bond donors (Lipinski definition) is 1. The monoisotopic (exact) mass is 458 g/mol. The Morgan fingerprint density at radius 2 is 2.00 bits per heavy atom. The number of β-lactam (4-membered cyclic amide) rings is 1. The van der Waals surface area contributed by atoms with Crippen LogP contribution in [0.2, 0.25) is 0 Å². The fourth-order valence-electron chi connectivity index (χ4n) is 3.65. The molecule has 2 aliphatic heterocycles. The number of nitrogens with zero attached hydrogens (tertiary/aromatic N) is 3. The van der Waals surface area contributed by atoms with E-state index in [-0.39, 0.29) is 46.7 Å². The molecule has 0 spiro atoms. The topological polar surface area (TPSA) is 140 Å². The average Bonchev–Trinajstić information content (AvgIpc) is 2.80. The van der Waals surface area contributed by atoms with Crippen LogP contribution in [0.15, 0.2) is 23.9 Å². The third-order valence-corrected chi connectivity index (χ3v) is 8.14. The molecule has 1 aromatic rings. The number of carbonyl (C=O) groups is 3. The molecule has 10 nitrogen and oxygen atoms in total. The molecule has 2 fully saturated rings. The maximum Gasteiger partial charge on any atom is 1.00 e. The summed E-state index contributed by atoms with van der Waals surface area (Å²) < 4.78 is 24.1. The number of nitrogens with one attached hydrogen (secondary N) is 1. The smallest absolute Gasteiger partial charge is 0.548 e. The van der Waals surface area contributed by atoms with Gasteiger partial charge in [-0.1, -0.05) is 0 Å². The number of rotatable bonds is 6. The van der Waals surface area contributed by atoms with E-state index in [1.165, 1.54) is 38.3 Å². The molecule has 0 bridgehead atoms. The molecule has 31 heavy (non-hydrogen) atoms. The van der Waals surface area contributed by atoms with Crippen molar-refractivity contribution in [3.63, 3.8) is 0 Å². The number of aromatic nitrogens is 1. The SMILES string of the molecule is CN(C)CCNC(=O)c1ccnc(/C=C2/C(=O)N3[C@@H](C(=O)[O-])C(C)(C)S(=O)(=O)[C@H]23)c1.[Na+]. The van der Waals surface area contributed by atoms with Gasteiger partial charge >= 0.3 is 29.6 Å². The zero-order chi connectivity index (χ0) is 22.4. The van der Waals surface area contributed by atoms with E-state index in [2.05, 4.69) is 10.3 Å². The quantitative estimate of drug-likeness (QED) is 0.255. The van der Waals surface area contributed by atoms with Crippen LogP contribution in [0.5, 0.6) is 0 Å². The maximum atomic E-state index is 12.9. The van der Waals surface area contributed by atoms with Gasteiger partial charge in [0.05, 0.1) is 28.0 Å². The molecule has 2 aliphatic rings. The molecule has 0 unspecified atom stereocenters. The number of aliphatic carboxylic acids is 1. The average molecular weight is 458 g/mol. The summed E-state index contributed by atoms with van der Waals surface area (Å²) in [6.07, 6.45) is 2.66. The molecule has 2 saturated heterocycles. The van der Waals surface area contributed by atoms with E-state index < -0.39 is 37.9 Å². The summed E-state index contributed by atoms with van der Waals surface area (Å²) >= 11 is 0. The summed E-state index contributed by atoms with van der Waals surface area (Å²) in [6.45, 7) is 3.64. The predicted molar refractivity (Wildman–Crippen MR) is 106 cm³/mol. The van der Waals surface area contributed by atoms with Gasteiger partial charge < -0.3 is 25.0 Å². The summed E-state index contributed by atoms with van der Waals surface area (Å²) in [6, 6.07) is 1.37. The van der Waals surface area contributed by atoms with Crippen molar-refractivity contribution in [1.29, 1.82) is 0 Å². The number of carboxylic acid groups (broad SMARTS) is 1. The molecule has 3 heterocycles. The van der Waals surface area contributed by atoms with Crippen LogP contribution in [-0.2, 0) is 19.4 Å². The molecule has 0 radical (unpaired) electrons. The first kappa shape index (κ1) is 25.5. The van der Waals surface area contributed by atoms with Crippen molar-refractivity contribution in [3.8, 4) is 0 Å². The van der Waals surface area contributed by atoms with E-state index in [4.69, 9.17) is 0 Å². The minimum atomic E-state index is -4.00. The van der Waals surface area contributed by atoms with Crippen molar-refractivity contribution in [2.45, 2.75) is 30.0 Å². The van der Waals surface area contributed by atoms with Crippen molar-refractivity contribution in [3.05, 3.63) is 35.2 Å². The number of hydrogen-bond acceptors (Lipinski definition) is 8. The molecule has 162 valence electrons. The number of likely N-dealkylation sites (N-methyl/N-ethyl adjacent to an activating group) is 1. The van der Waals surface area contributed by atoms with Gasteiger partial charge in [0.15, 0.2) is 15.2 Å². The second-order valence-electron chi connectivity index (χ2n) is 8.06. The Morgan fingerprint density at radius 3 is 2.58 bits per heavy atom. The van der Waals surface area contributed by atoms with Crippen molar-refractivity contribution in [2.75, 3.05) is 27.2 Å². The molecule has 0 aromatic carbocycles. The van der Waals surface area contributed by atoms with Crippen LogP contribution in [0.1, 0.15) is 29.9 Å². The normalized spacial score (nSPS) is 24.4. The van der Waals surface area contributed by atoms with E-state index >= 15 is 0 Å². The molecular weight excluding hydrogens is 435 g/mol. The van der Waals surface area contributed by atoms with Crippen LogP contribution in [0.3, 0.4) is 0 Å². The predicted octanol–water partition coefficient (Wildman–Crippen LogP) is -4.75. The summed E-state index contributed by atoms with van der Waals surface area (Å²) in [5, 5.41) is 12.9. The largest absolute Gasteiger partial charge is 1.00 e. The molecule has 0 aliphatic carbocycles. The van der Waals surface area contributed by atoms with E-state index in [1.807, 2.05) is 19.0 Å². The third kappa shape index (κ3) is 4.29. The molecule has 2 amide bonds. The molecule has 1 N–H and O–H groups in total. The number of amides is 2. The van der Waals surface area contributed by atoms with Gasteiger partial charge in [-0.15, -0.1) is 0 Å². The number of sulfone groups is 1. The number of pyridine rings is 1. The van der Waals surface area contributed by atoms with E-state index in [9.17, 15) is 27.9 Å². The Bertz CT molecular complexity index is 1050. The van der Waals surface area contributed by atoms with Crippen LogP contribution >= 0.6 is 0 Å². The van der Waals surface area contributed by atoms with Gasteiger partial charge in [0.1, 0.15) is 0 Å². The van der Waals surface area contributed by atoms with E-state index in [1.54, 1.807) is 0 Å². The van der Waals surface area contributed by atoms with Gasteiger partial charge in [-0.25, -0.2) is 8.42 Å². The Hall–Kier alpha value is -1.79. The molecular formula is C19H23N4NaO6S. The van der Waals surface area contributed by atoms with Crippen LogP contribution in [-0.4, -0.2) is 84.3 Å². The van der Waals surface area contributed by atoms with Gasteiger partial charge in [-0.3, -0.25) is 14.6 Å². The number of carboxylic acids is 1. The first-order valence-electron chi connectivity index (χ1n) is 9.27. The van der Waals surface area contributed by atoms with Crippen molar-refractivity contribution >= 4 is 33.7 Å². The second kappa shape index (κ2) is 8.99. The minimum Gasteiger partial charge on any atom is -0.548 e. The Balaban J connectivity index is 0.00000341. The van der Waals surface area contributed by atoms with E-state index in [0.29, 0.717) is 18.7 Å². The third-order valence-electron chi connectivity index (χ3n) is 5.38. The summed E-state index contributed by atoms with van der Waals surface area (Å²) in [5.41, 5.74) is 0.453. The molecule has 2 atom stereocenters. The number of carbonyl (C=O) groups excluding carboxylic acids is 3. The van der Waals surface area contributed by atoms with Crippen molar-refractivity contribution < 1.29 is 57.5 Å². The molecule has 0 saturated carbocycles. The van der Waals surface area contributed by atoms with Crippen LogP contribution in [0.25, 0.3) is 6.08 Å². The van der Waals surface area contributed by atoms with Crippen LogP contribution in [0.4, 0.5) is 0 Å². The first-order valence-corrected chi connectivity index (χ1v) is 10.8. The summed E-state index contributed by atoms with van der Waals surface area (Å²) in [5.74, 6) is -2.65. The van der Waals surface area contributed by atoms with Crippen molar-refractivity contribution in [2.24, 2.45) is 0 Å². The molecule has 1 aromatic heterocycles. The van der Waals surface area contributed by atoms with E-state index in [0.717, 1.165) is 4.90 Å². The Morgan fingerprint density at radius 1 is 1.35 bits per heavy atom.